The highest BCUT2D eigenvalue weighted by molar-refractivity contribution is 14.1. The SMILES string of the molecule is CCOc1cc(/C=C(/C#N)C(=O)N2CCN(c3ccccc3)CC2)cc(I)c1OCC#N. The Kier molecular flexibility index (Phi) is 8.34. The number of halogens is 1. The first kappa shape index (κ1) is 23.4. The highest BCUT2D eigenvalue weighted by Crippen LogP contribution is 2.35. The molecule has 0 bridgehead atoms. The number of para-hydroxylation sites is 1. The lowest BCUT2D eigenvalue weighted by Crippen LogP contribution is -2.49. The molecule has 7 nitrogen and oxygen atoms in total. The molecule has 0 unspecified atom stereocenters. The second-order valence-corrected chi connectivity index (χ2v) is 8.16. The molecule has 0 N–H and O–H groups in total. The van der Waals surface area contributed by atoms with E-state index in [9.17, 15) is 10.1 Å². The molecule has 1 heterocycles. The Morgan fingerprint density at radius 2 is 1.84 bits per heavy atom. The average molecular weight is 542 g/mol. The maximum Gasteiger partial charge on any atom is 0.264 e. The van der Waals surface area contributed by atoms with Crippen molar-refractivity contribution in [2.45, 2.75) is 6.92 Å². The van der Waals surface area contributed by atoms with Crippen LogP contribution >= 0.6 is 22.6 Å². The van der Waals surface area contributed by atoms with E-state index in [1.807, 2.05) is 37.3 Å². The van der Waals surface area contributed by atoms with Crippen molar-refractivity contribution in [2.75, 3.05) is 44.3 Å². The van der Waals surface area contributed by atoms with Crippen LogP contribution in [0.15, 0.2) is 48.0 Å². The molecule has 0 spiro atoms. The Balaban J connectivity index is 1.76. The van der Waals surface area contributed by atoms with Crippen molar-refractivity contribution in [3.05, 3.63) is 57.2 Å². The Hall–Kier alpha value is -3.24. The number of nitriles is 2. The molecule has 0 radical (unpaired) electrons. The van der Waals surface area contributed by atoms with Gasteiger partial charge in [-0.2, -0.15) is 10.5 Å². The van der Waals surface area contributed by atoms with Crippen LogP contribution in [0.25, 0.3) is 6.08 Å². The standard InChI is InChI=1S/C24H23IN4O3/c1-2-31-22-16-18(15-21(25)23(22)32-13-8-26)14-19(17-27)24(30)29-11-9-28(10-12-29)20-6-4-3-5-7-20/h3-7,14-16H,2,9-13H2,1H3/b19-14-. The van der Waals surface area contributed by atoms with E-state index in [0.717, 1.165) is 9.26 Å². The van der Waals surface area contributed by atoms with Crippen molar-refractivity contribution >= 4 is 40.3 Å². The summed E-state index contributed by atoms with van der Waals surface area (Å²) in [6.07, 6.45) is 1.57. The monoisotopic (exact) mass is 542 g/mol. The van der Waals surface area contributed by atoms with Gasteiger partial charge in [0.2, 0.25) is 0 Å². The number of hydrogen-bond acceptors (Lipinski definition) is 6. The van der Waals surface area contributed by atoms with E-state index in [1.165, 1.54) is 0 Å². The third-order valence-electron chi connectivity index (χ3n) is 4.96. The van der Waals surface area contributed by atoms with Crippen molar-refractivity contribution in [2.24, 2.45) is 0 Å². The molecule has 164 valence electrons. The number of piperazine rings is 1. The highest BCUT2D eigenvalue weighted by atomic mass is 127. The van der Waals surface area contributed by atoms with Crippen molar-refractivity contribution in [1.82, 2.24) is 4.90 Å². The van der Waals surface area contributed by atoms with E-state index in [4.69, 9.17) is 14.7 Å². The van der Waals surface area contributed by atoms with Crippen LogP contribution in [-0.4, -0.2) is 50.2 Å². The average Bonchev–Trinajstić information content (AvgIpc) is 2.82. The van der Waals surface area contributed by atoms with E-state index >= 15 is 0 Å². The lowest BCUT2D eigenvalue weighted by atomic mass is 10.1. The van der Waals surface area contributed by atoms with Gasteiger partial charge in [0.1, 0.15) is 17.7 Å². The smallest absolute Gasteiger partial charge is 0.264 e. The van der Waals surface area contributed by atoms with Crippen LogP contribution in [0.2, 0.25) is 0 Å². The summed E-state index contributed by atoms with van der Waals surface area (Å²) in [5.74, 6) is 0.674. The molecule has 0 aliphatic carbocycles. The second kappa shape index (κ2) is 11.4. The summed E-state index contributed by atoms with van der Waals surface area (Å²) in [6, 6.07) is 17.6. The van der Waals surface area contributed by atoms with Gasteiger partial charge in [-0.05, 0) is 65.4 Å². The number of rotatable bonds is 7. The number of anilines is 1. The van der Waals surface area contributed by atoms with E-state index in [-0.39, 0.29) is 18.1 Å². The summed E-state index contributed by atoms with van der Waals surface area (Å²) in [6.45, 7) is 4.70. The Bertz CT molecular complexity index is 1070. The zero-order valence-corrected chi connectivity index (χ0v) is 19.9. The minimum absolute atomic E-state index is 0.0714. The molecule has 2 aromatic carbocycles. The lowest BCUT2D eigenvalue weighted by Gasteiger charge is -2.36. The molecule has 1 aliphatic rings. The summed E-state index contributed by atoms with van der Waals surface area (Å²) in [4.78, 5) is 17.0. The van der Waals surface area contributed by atoms with Gasteiger partial charge >= 0.3 is 0 Å². The zero-order chi connectivity index (χ0) is 22.9. The summed E-state index contributed by atoms with van der Waals surface area (Å²) >= 11 is 2.09. The number of hydrogen-bond donors (Lipinski definition) is 0. The normalized spacial score (nSPS) is 13.8. The van der Waals surface area contributed by atoms with Crippen molar-refractivity contribution in [3.8, 4) is 23.6 Å². The third-order valence-corrected chi connectivity index (χ3v) is 5.76. The molecule has 1 fully saturated rings. The molecule has 2 aromatic rings. The predicted octanol–water partition coefficient (Wildman–Crippen LogP) is 3.85. The quantitative estimate of drug-likeness (QED) is 0.300. The molecule has 1 saturated heterocycles. The first-order chi connectivity index (χ1) is 15.6. The molecule has 8 heteroatoms. The molecule has 1 amide bonds. The zero-order valence-electron chi connectivity index (χ0n) is 17.8. The second-order valence-electron chi connectivity index (χ2n) is 6.99. The first-order valence-electron chi connectivity index (χ1n) is 10.2. The molecule has 3 rings (SSSR count). The van der Waals surface area contributed by atoms with Crippen molar-refractivity contribution in [3.63, 3.8) is 0 Å². The summed E-state index contributed by atoms with van der Waals surface area (Å²) in [5.41, 5.74) is 1.87. The van der Waals surface area contributed by atoms with Crippen molar-refractivity contribution in [1.29, 1.82) is 10.5 Å². The predicted molar refractivity (Wildman–Crippen MR) is 130 cm³/mol. The van der Waals surface area contributed by atoms with Gasteiger partial charge in [-0.1, -0.05) is 18.2 Å². The van der Waals surface area contributed by atoms with Crippen LogP contribution in [0.3, 0.4) is 0 Å². The van der Waals surface area contributed by atoms with Crippen LogP contribution in [-0.2, 0) is 4.79 Å². The fourth-order valence-corrected chi connectivity index (χ4v) is 4.25. The van der Waals surface area contributed by atoms with E-state index < -0.39 is 0 Å². The fourth-order valence-electron chi connectivity index (χ4n) is 3.46. The van der Waals surface area contributed by atoms with Crippen LogP contribution in [0, 0.1) is 26.2 Å². The fraction of sp³-hybridized carbons (Fsp3) is 0.292. The molecule has 0 atom stereocenters. The van der Waals surface area contributed by atoms with Crippen LogP contribution < -0.4 is 14.4 Å². The molecule has 1 aliphatic heterocycles. The van der Waals surface area contributed by atoms with E-state index in [1.54, 1.807) is 23.1 Å². The Morgan fingerprint density at radius 1 is 1.12 bits per heavy atom. The Labute approximate surface area is 201 Å². The summed E-state index contributed by atoms with van der Waals surface area (Å²) in [5, 5.41) is 18.5. The third kappa shape index (κ3) is 5.71. The van der Waals surface area contributed by atoms with Crippen LogP contribution in [0.1, 0.15) is 12.5 Å². The number of ether oxygens (including phenoxy) is 2. The molecular weight excluding hydrogens is 519 g/mol. The van der Waals surface area contributed by atoms with Gasteiger partial charge in [-0.3, -0.25) is 4.79 Å². The van der Waals surface area contributed by atoms with Gasteiger partial charge in [0.05, 0.1) is 10.2 Å². The van der Waals surface area contributed by atoms with Crippen LogP contribution in [0.4, 0.5) is 5.69 Å². The van der Waals surface area contributed by atoms with Gasteiger partial charge in [-0.25, -0.2) is 0 Å². The highest BCUT2D eigenvalue weighted by Gasteiger charge is 2.24. The maximum absolute atomic E-state index is 13.0. The van der Waals surface area contributed by atoms with E-state index in [2.05, 4.69) is 39.6 Å². The van der Waals surface area contributed by atoms with Crippen molar-refractivity contribution < 1.29 is 14.3 Å². The lowest BCUT2D eigenvalue weighted by molar-refractivity contribution is -0.126. The van der Waals surface area contributed by atoms with Gasteiger partial charge in [0.15, 0.2) is 18.1 Å². The minimum Gasteiger partial charge on any atom is -0.490 e. The number of carbonyl (C=O) groups excluding carboxylic acids is 1. The van der Waals surface area contributed by atoms with E-state index in [0.29, 0.717) is 49.8 Å². The molecule has 32 heavy (non-hydrogen) atoms. The summed E-state index contributed by atoms with van der Waals surface area (Å²) in [7, 11) is 0. The number of nitrogens with zero attached hydrogens (tertiary/aromatic N) is 4. The van der Waals surface area contributed by atoms with Gasteiger partial charge in [0, 0.05) is 31.9 Å². The van der Waals surface area contributed by atoms with Gasteiger partial charge < -0.3 is 19.3 Å². The molecular formula is C24H23IN4O3. The number of carbonyl (C=O) groups is 1. The van der Waals surface area contributed by atoms with Gasteiger partial charge in [0.25, 0.3) is 5.91 Å². The minimum atomic E-state index is -0.280. The summed E-state index contributed by atoms with van der Waals surface area (Å²) < 4.78 is 11.9. The van der Waals surface area contributed by atoms with Crippen LogP contribution in [0.5, 0.6) is 11.5 Å². The largest absolute Gasteiger partial charge is 0.490 e. The first-order valence-corrected chi connectivity index (χ1v) is 11.3. The molecule has 0 saturated carbocycles. The Morgan fingerprint density at radius 3 is 2.47 bits per heavy atom. The van der Waals surface area contributed by atoms with Gasteiger partial charge in [-0.15, -0.1) is 0 Å². The number of amides is 1. The maximum atomic E-state index is 13.0. The molecule has 0 aromatic heterocycles. The number of benzene rings is 2. The topological polar surface area (TPSA) is 89.6 Å².